The lowest BCUT2D eigenvalue weighted by Crippen LogP contribution is -2.23. The molecule has 0 bridgehead atoms. The molecule has 0 atom stereocenters. The van der Waals surface area contributed by atoms with E-state index in [1.54, 1.807) is 4.57 Å². The van der Waals surface area contributed by atoms with Crippen LogP contribution in [0.2, 0.25) is 0 Å². The van der Waals surface area contributed by atoms with Crippen molar-refractivity contribution in [1.29, 1.82) is 0 Å². The number of pyridine rings is 1. The van der Waals surface area contributed by atoms with Crippen LogP contribution in [0.5, 0.6) is 0 Å². The average Bonchev–Trinajstić information content (AvgIpc) is 2.80. The molecule has 3 rings (SSSR count). The third-order valence-electron chi connectivity index (χ3n) is 3.93. The van der Waals surface area contributed by atoms with E-state index in [0.29, 0.717) is 17.4 Å². The first kappa shape index (κ1) is 14.4. The molecule has 5 heteroatoms. The Labute approximate surface area is 127 Å². The lowest BCUT2D eigenvalue weighted by Gasteiger charge is -2.07. The fraction of sp³-hybridized carbons (Fsp3) is 0.294. The Bertz CT molecular complexity index is 960. The Morgan fingerprint density at radius 3 is 2.59 bits per heavy atom. The summed E-state index contributed by atoms with van der Waals surface area (Å²) in [5, 5.41) is 3.63. The first-order valence-electron chi connectivity index (χ1n) is 7.45. The molecule has 0 saturated carbocycles. The molecule has 22 heavy (non-hydrogen) atoms. The number of H-pyrrole nitrogens is 1. The number of aryl methyl sites for hydroxylation is 2. The van der Waals surface area contributed by atoms with Gasteiger partial charge < -0.3 is 4.57 Å². The average molecular weight is 297 g/mol. The maximum atomic E-state index is 12.7. The van der Waals surface area contributed by atoms with Crippen LogP contribution in [0.3, 0.4) is 0 Å². The van der Waals surface area contributed by atoms with Crippen molar-refractivity contribution in [2.45, 2.75) is 33.7 Å². The smallest absolute Gasteiger partial charge is 0.280 e. The highest BCUT2D eigenvalue weighted by Gasteiger charge is 2.14. The molecule has 0 spiro atoms. The Morgan fingerprint density at radius 1 is 1.14 bits per heavy atom. The second-order valence-electron chi connectivity index (χ2n) is 5.60. The van der Waals surface area contributed by atoms with Crippen molar-refractivity contribution in [2.24, 2.45) is 0 Å². The highest BCUT2D eigenvalue weighted by molar-refractivity contribution is 5.80. The van der Waals surface area contributed by atoms with Gasteiger partial charge in [-0.1, -0.05) is 19.1 Å². The molecule has 0 fully saturated rings. The Hall–Kier alpha value is -2.56. The van der Waals surface area contributed by atoms with Crippen LogP contribution in [0.1, 0.15) is 24.6 Å². The van der Waals surface area contributed by atoms with E-state index in [-0.39, 0.29) is 11.1 Å². The van der Waals surface area contributed by atoms with E-state index >= 15 is 0 Å². The molecule has 3 aromatic rings. The molecule has 0 aliphatic heterocycles. The Balaban J connectivity index is 2.33. The molecule has 114 valence electrons. The predicted molar refractivity (Wildman–Crippen MR) is 87.9 cm³/mol. The van der Waals surface area contributed by atoms with Gasteiger partial charge >= 0.3 is 0 Å². The molecular weight excluding hydrogens is 278 g/mol. The second-order valence-corrected chi connectivity index (χ2v) is 5.60. The molecule has 0 radical (unpaired) electrons. The number of hydrogen-bond donors (Lipinski definition) is 1. The molecule has 5 nitrogen and oxygen atoms in total. The van der Waals surface area contributed by atoms with E-state index in [9.17, 15) is 9.59 Å². The van der Waals surface area contributed by atoms with Gasteiger partial charge in [0, 0.05) is 18.3 Å². The molecular formula is C17H19N3O2. The molecule has 0 unspecified atom stereocenters. The van der Waals surface area contributed by atoms with Crippen LogP contribution < -0.4 is 11.1 Å². The summed E-state index contributed by atoms with van der Waals surface area (Å²) in [5.41, 5.74) is 2.95. The summed E-state index contributed by atoms with van der Waals surface area (Å²) in [6.45, 7) is 6.44. The highest BCUT2D eigenvalue weighted by atomic mass is 16.1. The highest BCUT2D eigenvalue weighted by Crippen LogP contribution is 2.14. The minimum atomic E-state index is -0.122. The van der Waals surface area contributed by atoms with Crippen LogP contribution in [-0.2, 0) is 6.54 Å². The van der Waals surface area contributed by atoms with Crippen molar-refractivity contribution < 1.29 is 0 Å². The summed E-state index contributed by atoms with van der Waals surface area (Å²) in [6.07, 6.45) is 0.850. The number of nitrogens with one attached hydrogen (secondary N) is 1. The van der Waals surface area contributed by atoms with Crippen LogP contribution in [-0.4, -0.2) is 14.3 Å². The van der Waals surface area contributed by atoms with Crippen molar-refractivity contribution in [3.8, 4) is 5.69 Å². The first-order valence-corrected chi connectivity index (χ1v) is 7.45. The molecule has 1 aromatic carbocycles. The van der Waals surface area contributed by atoms with E-state index in [4.69, 9.17) is 0 Å². The quantitative estimate of drug-likeness (QED) is 0.807. The summed E-state index contributed by atoms with van der Waals surface area (Å²) in [4.78, 5) is 24.9. The van der Waals surface area contributed by atoms with E-state index < -0.39 is 0 Å². The third-order valence-corrected chi connectivity index (χ3v) is 3.93. The lowest BCUT2D eigenvalue weighted by atomic mass is 10.2. The minimum Gasteiger partial charge on any atom is -0.312 e. The van der Waals surface area contributed by atoms with Gasteiger partial charge in [-0.2, -0.15) is 0 Å². The fourth-order valence-electron chi connectivity index (χ4n) is 2.86. The minimum absolute atomic E-state index is 0.0792. The van der Waals surface area contributed by atoms with Gasteiger partial charge in [-0.3, -0.25) is 14.7 Å². The zero-order valence-corrected chi connectivity index (χ0v) is 13.0. The summed E-state index contributed by atoms with van der Waals surface area (Å²) in [5.74, 6) is 0. The molecule has 0 aliphatic rings. The van der Waals surface area contributed by atoms with Crippen LogP contribution in [0.4, 0.5) is 0 Å². The number of hydrogen-bond acceptors (Lipinski definition) is 2. The van der Waals surface area contributed by atoms with E-state index in [1.807, 2.05) is 45.0 Å². The van der Waals surface area contributed by atoms with Gasteiger partial charge in [-0.05, 0) is 38.0 Å². The normalized spacial score (nSPS) is 11.2. The number of benzene rings is 1. The SMILES string of the molecule is CCCn1c(C)c2c(=O)n(-c3cccc(C)c3)[nH]c2cc1=O. The van der Waals surface area contributed by atoms with Crippen molar-refractivity contribution in [3.05, 3.63) is 62.3 Å². The Kier molecular flexibility index (Phi) is 3.48. The van der Waals surface area contributed by atoms with Crippen LogP contribution in [0.25, 0.3) is 16.6 Å². The Morgan fingerprint density at radius 2 is 1.91 bits per heavy atom. The molecule has 2 aromatic heterocycles. The van der Waals surface area contributed by atoms with Gasteiger partial charge in [0.25, 0.3) is 11.1 Å². The number of aromatic amines is 1. The summed E-state index contributed by atoms with van der Waals surface area (Å²) >= 11 is 0. The van der Waals surface area contributed by atoms with Gasteiger partial charge in [0.1, 0.15) is 0 Å². The molecule has 0 aliphatic carbocycles. The first-order chi connectivity index (χ1) is 10.5. The fourth-order valence-corrected chi connectivity index (χ4v) is 2.86. The van der Waals surface area contributed by atoms with Gasteiger partial charge in [0.2, 0.25) is 0 Å². The van der Waals surface area contributed by atoms with Crippen molar-refractivity contribution in [3.63, 3.8) is 0 Å². The van der Waals surface area contributed by atoms with E-state index in [0.717, 1.165) is 23.4 Å². The summed E-state index contributed by atoms with van der Waals surface area (Å²) < 4.78 is 3.17. The maximum absolute atomic E-state index is 12.7. The van der Waals surface area contributed by atoms with Crippen LogP contribution in [0.15, 0.2) is 39.9 Å². The summed E-state index contributed by atoms with van der Waals surface area (Å²) in [7, 11) is 0. The van der Waals surface area contributed by atoms with Gasteiger partial charge in [-0.25, -0.2) is 4.68 Å². The van der Waals surface area contributed by atoms with E-state index in [2.05, 4.69) is 5.10 Å². The largest absolute Gasteiger partial charge is 0.312 e. The van der Waals surface area contributed by atoms with Crippen LogP contribution >= 0.6 is 0 Å². The molecule has 0 saturated heterocycles. The lowest BCUT2D eigenvalue weighted by molar-refractivity contribution is 0.640. The number of fused-ring (bicyclic) bond motifs is 1. The standard InChI is InChI=1S/C17H19N3O2/c1-4-8-19-12(3)16-14(10-15(19)21)18-20(17(16)22)13-7-5-6-11(2)9-13/h5-7,9-10,18H,4,8H2,1-3H3. The van der Waals surface area contributed by atoms with Gasteiger partial charge in [0.15, 0.2) is 0 Å². The van der Waals surface area contributed by atoms with Gasteiger partial charge in [0.05, 0.1) is 16.6 Å². The third kappa shape index (κ3) is 2.19. The predicted octanol–water partition coefficient (Wildman–Crippen LogP) is 2.51. The zero-order chi connectivity index (χ0) is 15.9. The monoisotopic (exact) mass is 297 g/mol. The van der Waals surface area contributed by atoms with Crippen molar-refractivity contribution in [1.82, 2.24) is 14.3 Å². The second kappa shape index (κ2) is 5.33. The number of nitrogens with zero attached hydrogens (tertiary/aromatic N) is 2. The zero-order valence-electron chi connectivity index (χ0n) is 13.0. The summed E-state index contributed by atoms with van der Waals surface area (Å²) in [6, 6.07) is 9.20. The molecule has 2 heterocycles. The van der Waals surface area contributed by atoms with Crippen molar-refractivity contribution >= 4 is 10.9 Å². The van der Waals surface area contributed by atoms with Crippen LogP contribution in [0, 0.1) is 13.8 Å². The topological polar surface area (TPSA) is 59.8 Å². The maximum Gasteiger partial charge on any atom is 0.280 e. The van der Waals surface area contributed by atoms with Crippen molar-refractivity contribution in [2.75, 3.05) is 0 Å². The number of rotatable bonds is 3. The van der Waals surface area contributed by atoms with Gasteiger partial charge in [-0.15, -0.1) is 0 Å². The molecule has 0 amide bonds. The van der Waals surface area contributed by atoms with E-state index in [1.165, 1.54) is 10.7 Å². The molecule has 1 N–H and O–H groups in total. The number of aromatic nitrogens is 3.